The Morgan fingerprint density at radius 2 is 1.96 bits per heavy atom. The first-order valence-electron chi connectivity index (χ1n) is 10.1. The largest absolute Gasteiger partial charge is 0.379 e. The van der Waals surface area contributed by atoms with Crippen LogP contribution >= 0.6 is 0 Å². The van der Waals surface area contributed by atoms with Crippen LogP contribution in [0.4, 0.5) is 0 Å². The van der Waals surface area contributed by atoms with E-state index >= 15 is 0 Å². The Kier molecular flexibility index (Phi) is 6.53. The zero-order valence-corrected chi connectivity index (χ0v) is 16.3. The standard InChI is InChI=1S/C19H34N4O3/c1-15(2)23-8-7-20-18(25)16(23)13-17(24)21-19(5-3-4-6-19)14-22-9-11-26-12-10-22/h15-16H,3-14H2,1-2H3,(H,20,25)(H,21,24). The zero-order chi connectivity index (χ0) is 18.6. The van der Waals surface area contributed by atoms with Crippen molar-refractivity contribution >= 4 is 11.8 Å². The molecule has 2 amide bonds. The molecular weight excluding hydrogens is 332 g/mol. The molecule has 0 bridgehead atoms. The molecule has 2 aliphatic heterocycles. The third-order valence-corrected chi connectivity index (χ3v) is 6.01. The summed E-state index contributed by atoms with van der Waals surface area (Å²) in [6, 6.07) is -0.0989. The number of rotatable bonds is 6. The molecule has 1 aliphatic carbocycles. The van der Waals surface area contributed by atoms with Crippen molar-refractivity contribution < 1.29 is 14.3 Å². The molecule has 0 spiro atoms. The molecular formula is C19H34N4O3. The maximum absolute atomic E-state index is 12.9. The van der Waals surface area contributed by atoms with E-state index in [1.165, 1.54) is 0 Å². The number of hydrogen-bond donors (Lipinski definition) is 2. The van der Waals surface area contributed by atoms with E-state index in [0.29, 0.717) is 6.54 Å². The molecule has 2 N–H and O–H groups in total. The summed E-state index contributed by atoms with van der Waals surface area (Å²) in [6.07, 6.45) is 4.62. The summed E-state index contributed by atoms with van der Waals surface area (Å²) < 4.78 is 5.45. The molecule has 1 atom stereocenters. The molecule has 7 nitrogen and oxygen atoms in total. The summed E-state index contributed by atoms with van der Waals surface area (Å²) in [4.78, 5) is 29.7. The maximum Gasteiger partial charge on any atom is 0.237 e. The van der Waals surface area contributed by atoms with Crippen molar-refractivity contribution in [1.82, 2.24) is 20.4 Å². The van der Waals surface area contributed by atoms with Gasteiger partial charge in [0.15, 0.2) is 0 Å². The molecule has 2 saturated heterocycles. The lowest BCUT2D eigenvalue weighted by Crippen LogP contribution is -2.60. The molecule has 0 aromatic carbocycles. The van der Waals surface area contributed by atoms with Gasteiger partial charge in [0.25, 0.3) is 0 Å². The van der Waals surface area contributed by atoms with Gasteiger partial charge in [0.1, 0.15) is 0 Å². The molecule has 3 fully saturated rings. The van der Waals surface area contributed by atoms with Gasteiger partial charge in [-0.2, -0.15) is 0 Å². The van der Waals surface area contributed by atoms with Gasteiger partial charge in [0.2, 0.25) is 11.8 Å². The van der Waals surface area contributed by atoms with Gasteiger partial charge in [-0.05, 0) is 26.7 Å². The lowest BCUT2D eigenvalue weighted by molar-refractivity contribution is -0.135. The number of piperazine rings is 1. The smallest absolute Gasteiger partial charge is 0.237 e. The first-order valence-corrected chi connectivity index (χ1v) is 10.1. The summed E-state index contributed by atoms with van der Waals surface area (Å²) in [7, 11) is 0. The van der Waals surface area contributed by atoms with Crippen LogP contribution in [0.3, 0.4) is 0 Å². The fourth-order valence-corrected chi connectivity index (χ4v) is 4.64. The summed E-state index contributed by atoms with van der Waals surface area (Å²) in [5.74, 6) is -0.0124. The van der Waals surface area contributed by atoms with E-state index < -0.39 is 0 Å². The summed E-state index contributed by atoms with van der Waals surface area (Å²) in [5.41, 5.74) is -0.137. The van der Waals surface area contributed by atoms with Gasteiger partial charge in [-0.15, -0.1) is 0 Å². The predicted molar refractivity (Wildman–Crippen MR) is 99.9 cm³/mol. The van der Waals surface area contributed by atoms with E-state index in [2.05, 4.69) is 34.3 Å². The number of amides is 2. The minimum atomic E-state index is -0.356. The van der Waals surface area contributed by atoms with Crippen molar-refractivity contribution in [2.24, 2.45) is 0 Å². The van der Waals surface area contributed by atoms with E-state index in [4.69, 9.17) is 4.74 Å². The van der Waals surface area contributed by atoms with E-state index in [9.17, 15) is 9.59 Å². The SMILES string of the molecule is CC(C)N1CCNC(=O)C1CC(=O)NC1(CN2CCOCC2)CCCC1. The second-order valence-corrected chi connectivity index (χ2v) is 8.27. The normalized spacial score (nSPS) is 27.5. The lowest BCUT2D eigenvalue weighted by Gasteiger charge is -2.40. The highest BCUT2D eigenvalue weighted by molar-refractivity contribution is 5.89. The van der Waals surface area contributed by atoms with Crippen LogP contribution in [-0.4, -0.2) is 85.2 Å². The average Bonchev–Trinajstić information content (AvgIpc) is 3.05. The molecule has 2 heterocycles. The van der Waals surface area contributed by atoms with E-state index in [1.54, 1.807) is 0 Å². The number of ether oxygens (including phenoxy) is 1. The Bertz CT molecular complexity index is 499. The van der Waals surface area contributed by atoms with Crippen molar-refractivity contribution in [3.8, 4) is 0 Å². The second-order valence-electron chi connectivity index (χ2n) is 8.27. The third-order valence-electron chi connectivity index (χ3n) is 6.01. The minimum Gasteiger partial charge on any atom is -0.379 e. The van der Waals surface area contributed by atoms with Crippen LogP contribution in [0.1, 0.15) is 46.0 Å². The van der Waals surface area contributed by atoms with E-state index in [-0.39, 0.29) is 35.9 Å². The lowest BCUT2D eigenvalue weighted by atomic mass is 9.95. The van der Waals surface area contributed by atoms with Crippen molar-refractivity contribution in [2.45, 2.75) is 63.6 Å². The molecule has 7 heteroatoms. The van der Waals surface area contributed by atoms with Crippen molar-refractivity contribution in [1.29, 1.82) is 0 Å². The number of nitrogens with one attached hydrogen (secondary N) is 2. The van der Waals surface area contributed by atoms with Crippen LogP contribution < -0.4 is 10.6 Å². The fraction of sp³-hybridized carbons (Fsp3) is 0.895. The van der Waals surface area contributed by atoms with Crippen LogP contribution in [-0.2, 0) is 14.3 Å². The molecule has 0 aromatic heterocycles. The molecule has 3 rings (SSSR count). The predicted octanol–water partition coefficient (Wildman–Crippen LogP) is 0.347. The average molecular weight is 367 g/mol. The van der Waals surface area contributed by atoms with Crippen LogP contribution in [0.25, 0.3) is 0 Å². The van der Waals surface area contributed by atoms with Gasteiger partial charge >= 0.3 is 0 Å². The van der Waals surface area contributed by atoms with Gasteiger partial charge < -0.3 is 15.4 Å². The van der Waals surface area contributed by atoms with E-state index in [1.807, 2.05) is 0 Å². The Morgan fingerprint density at radius 3 is 2.62 bits per heavy atom. The fourth-order valence-electron chi connectivity index (χ4n) is 4.64. The molecule has 0 aromatic rings. The molecule has 148 valence electrons. The zero-order valence-electron chi connectivity index (χ0n) is 16.3. The van der Waals surface area contributed by atoms with Crippen LogP contribution in [0.15, 0.2) is 0 Å². The van der Waals surface area contributed by atoms with Gasteiger partial charge in [-0.1, -0.05) is 12.8 Å². The number of morpholine rings is 1. The number of nitrogens with zero attached hydrogens (tertiary/aromatic N) is 2. The molecule has 0 radical (unpaired) electrons. The topological polar surface area (TPSA) is 73.9 Å². The Morgan fingerprint density at radius 1 is 1.27 bits per heavy atom. The second kappa shape index (κ2) is 8.67. The first-order chi connectivity index (χ1) is 12.5. The van der Waals surface area contributed by atoms with Crippen LogP contribution in [0, 0.1) is 0 Å². The molecule has 3 aliphatic rings. The Labute approximate surface area is 156 Å². The molecule has 26 heavy (non-hydrogen) atoms. The highest BCUT2D eigenvalue weighted by Crippen LogP contribution is 2.31. The van der Waals surface area contributed by atoms with Gasteiger partial charge in [0.05, 0.1) is 31.2 Å². The van der Waals surface area contributed by atoms with E-state index in [0.717, 1.165) is 65.1 Å². The quantitative estimate of drug-likeness (QED) is 0.709. The molecule has 1 unspecified atom stereocenters. The first kappa shape index (κ1) is 19.6. The number of carbonyl (C=O) groups is 2. The Hall–Kier alpha value is -1.18. The van der Waals surface area contributed by atoms with Crippen LogP contribution in [0.2, 0.25) is 0 Å². The highest BCUT2D eigenvalue weighted by Gasteiger charge is 2.39. The summed E-state index contributed by atoms with van der Waals surface area (Å²) in [6.45, 7) is 9.95. The van der Waals surface area contributed by atoms with Crippen molar-refractivity contribution in [2.75, 3.05) is 45.9 Å². The summed E-state index contributed by atoms with van der Waals surface area (Å²) >= 11 is 0. The van der Waals surface area contributed by atoms with Gasteiger partial charge in [0, 0.05) is 38.8 Å². The Balaban J connectivity index is 1.61. The van der Waals surface area contributed by atoms with Crippen molar-refractivity contribution in [3.05, 3.63) is 0 Å². The monoisotopic (exact) mass is 366 g/mol. The number of carbonyl (C=O) groups excluding carboxylic acids is 2. The molecule has 1 saturated carbocycles. The maximum atomic E-state index is 12.9. The van der Waals surface area contributed by atoms with Crippen molar-refractivity contribution in [3.63, 3.8) is 0 Å². The highest BCUT2D eigenvalue weighted by atomic mass is 16.5. The third kappa shape index (κ3) is 4.75. The van der Waals surface area contributed by atoms with Crippen LogP contribution in [0.5, 0.6) is 0 Å². The number of hydrogen-bond acceptors (Lipinski definition) is 5. The van der Waals surface area contributed by atoms with Gasteiger partial charge in [-0.3, -0.25) is 19.4 Å². The van der Waals surface area contributed by atoms with Gasteiger partial charge in [-0.25, -0.2) is 0 Å². The minimum absolute atomic E-state index is 0.00728. The summed E-state index contributed by atoms with van der Waals surface area (Å²) in [5, 5.41) is 6.25.